The van der Waals surface area contributed by atoms with E-state index in [1.54, 1.807) is 0 Å². The van der Waals surface area contributed by atoms with Gasteiger partial charge in [0.25, 0.3) is 0 Å². The fourth-order valence-electron chi connectivity index (χ4n) is 0. The number of carboxylic acid groups (broad SMARTS) is 1. The third kappa shape index (κ3) is 24.5. The summed E-state index contributed by atoms with van der Waals surface area (Å²) in [5, 5.41) is 7.60. The standard InChI is InChI=1S/C3H4O2.C2H5.2CH3.Sn.H/c1-2-3(4)5;1-2;;;;/h2H,1H2,(H,4,5);1H2,2H3;2*1H3;;. The maximum atomic E-state index is 9.25. The van der Waals surface area contributed by atoms with Crippen molar-refractivity contribution in [3.8, 4) is 0 Å². The predicted octanol–water partition coefficient (Wildman–Crippen LogP) is 1.75. The van der Waals surface area contributed by atoms with E-state index in [1.165, 1.54) is 4.44 Å². The molecule has 0 saturated carbocycles. The van der Waals surface area contributed by atoms with E-state index in [9.17, 15) is 4.79 Å². The molecular weight excluding hydrogens is 235 g/mol. The Labute approximate surface area is 69.7 Å². The molecule has 3 heteroatoms. The van der Waals surface area contributed by atoms with Crippen LogP contribution in [0.15, 0.2) is 12.7 Å². The molecule has 0 spiro atoms. The SMILES string of the molecule is C=CC(=O)O.C[CH2][SnH]([CH3])[CH3]. The van der Waals surface area contributed by atoms with E-state index < -0.39 is 25.7 Å². The fourth-order valence-corrected chi connectivity index (χ4v) is 0. The molecule has 0 heterocycles. The second kappa shape index (κ2) is 9.01. The zero-order chi connectivity index (χ0) is 8.57. The Morgan fingerprint density at radius 1 is 1.70 bits per heavy atom. The third-order valence-corrected chi connectivity index (χ3v) is 5.65. The number of aliphatic carboxylic acids is 1. The van der Waals surface area contributed by atoms with Crippen molar-refractivity contribution in [1.82, 2.24) is 0 Å². The average Bonchev–Trinajstić information content (AvgIpc) is 1.89. The number of hydrogen-bond donors (Lipinski definition) is 1. The molecule has 0 aromatic rings. The van der Waals surface area contributed by atoms with Crippen molar-refractivity contribution < 1.29 is 9.90 Å². The summed E-state index contributed by atoms with van der Waals surface area (Å²) in [6, 6.07) is 0. The summed E-state index contributed by atoms with van der Waals surface area (Å²) in [6.07, 6.45) is 0.833. The Kier molecular flexibility index (Phi) is 11.4. The molecule has 0 fully saturated rings. The van der Waals surface area contributed by atoms with Gasteiger partial charge >= 0.3 is 47.0 Å². The molecule has 0 rings (SSSR count). The summed E-state index contributed by atoms with van der Waals surface area (Å²) in [5.41, 5.74) is 0. The van der Waals surface area contributed by atoms with Crippen LogP contribution in [0.1, 0.15) is 6.92 Å². The predicted molar refractivity (Wildman–Crippen MR) is 47.2 cm³/mol. The van der Waals surface area contributed by atoms with E-state index in [0.29, 0.717) is 0 Å². The molecule has 0 amide bonds. The van der Waals surface area contributed by atoms with E-state index in [0.717, 1.165) is 6.08 Å². The van der Waals surface area contributed by atoms with Gasteiger partial charge in [0.05, 0.1) is 0 Å². The summed E-state index contributed by atoms with van der Waals surface area (Å²) in [6.45, 7) is 5.25. The van der Waals surface area contributed by atoms with Gasteiger partial charge in [-0.1, -0.05) is 6.58 Å². The molecule has 1 N–H and O–H groups in total. The van der Waals surface area contributed by atoms with Crippen LogP contribution >= 0.6 is 0 Å². The van der Waals surface area contributed by atoms with Crippen LogP contribution in [0, 0.1) is 0 Å². The molecule has 0 unspecified atom stereocenters. The average molecular weight is 251 g/mol. The van der Waals surface area contributed by atoms with Gasteiger partial charge in [0.1, 0.15) is 0 Å². The van der Waals surface area contributed by atoms with Gasteiger partial charge in [0.2, 0.25) is 0 Å². The number of carbonyl (C=O) groups is 1. The third-order valence-electron chi connectivity index (χ3n) is 0.991. The van der Waals surface area contributed by atoms with Crippen LogP contribution in [0.3, 0.4) is 0 Å². The summed E-state index contributed by atoms with van der Waals surface area (Å²) in [5.74, 6) is -0.981. The molecule has 0 atom stereocenters. The van der Waals surface area contributed by atoms with Gasteiger partial charge in [-0.2, -0.15) is 0 Å². The first-order valence-electron chi connectivity index (χ1n) is 3.39. The molecule has 0 saturated heterocycles. The number of carboxylic acids is 1. The molecule has 2 nitrogen and oxygen atoms in total. The molecule has 10 heavy (non-hydrogen) atoms. The Morgan fingerprint density at radius 3 is 1.90 bits per heavy atom. The second-order valence-corrected chi connectivity index (χ2v) is 12.6. The quantitative estimate of drug-likeness (QED) is 0.599. The van der Waals surface area contributed by atoms with E-state index in [-0.39, 0.29) is 0 Å². The van der Waals surface area contributed by atoms with Crippen LogP contribution in [-0.4, -0.2) is 30.8 Å². The van der Waals surface area contributed by atoms with Gasteiger partial charge in [0, 0.05) is 6.08 Å². The van der Waals surface area contributed by atoms with Crippen LogP contribution < -0.4 is 0 Å². The first kappa shape index (κ1) is 12.7. The maximum absolute atomic E-state index is 9.25. The van der Waals surface area contributed by atoms with Crippen molar-refractivity contribution in [1.29, 1.82) is 0 Å². The van der Waals surface area contributed by atoms with Crippen LogP contribution in [0.25, 0.3) is 0 Å². The molecule has 0 radical (unpaired) electrons. The normalized spacial score (nSPS) is 8.00. The summed E-state index contributed by atoms with van der Waals surface area (Å²) in [4.78, 5) is 14.1. The van der Waals surface area contributed by atoms with Crippen molar-refractivity contribution in [2.24, 2.45) is 0 Å². The molecule has 0 aliphatic heterocycles. The van der Waals surface area contributed by atoms with Crippen molar-refractivity contribution in [3.63, 3.8) is 0 Å². The van der Waals surface area contributed by atoms with Crippen LogP contribution in [0.2, 0.25) is 14.3 Å². The van der Waals surface area contributed by atoms with Gasteiger partial charge in [-0.05, 0) is 0 Å². The second-order valence-electron chi connectivity index (χ2n) is 2.34. The summed E-state index contributed by atoms with van der Waals surface area (Å²) in [7, 11) is 0. The van der Waals surface area contributed by atoms with E-state index in [1.807, 2.05) is 0 Å². The van der Waals surface area contributed by atoms with Crippen LogP contribution in [0.5, 0.6) is 0 Å². The zero-order valence-electron chi connectivity index (χ0n) is 6.92. The molecule has 0 aromatic heterocycles. The van der Waals surface area contributed by atoms with Gasteiger partial charge in [-0.3, -0.25) is 0 Å². The minimum atomic E-state index is -0.981. The van der Waals surface area contributed by atoms with E-state index >= 15 is 0 Å². The number of hydrogen-bond acceptors (Lipinski definition) is 1. The van der Waals surface area contributed by atoms with Gasteiger partial charge in [0.15, 0.2) is 0 Å². The molecule has 60 valence electrons. The Balaban J connectivity index is 0. The van der Waals surface area contributed by atoms with Crippen molar-refractivity contribution >= 4 is 25.7 Å². The van der Waals surface area contributed by atoms with Crippen LogP contribution in [0.4, 0.5) is 0 Å². The Morgan fingerprint density at radius 2 is 1.90 bits per heavy atom. The van der Waals surface area contributed by atoms with Gasteiger partial charge in [-0.15, -0.1) is 0 Å². The van der Waals surface area contributed by atoms with Crippen molar-refractivity contribution in [2.75, 3.05) is 0 Å². The summed E-state index contributed by atoms with van der Waals surface area (Å²) >= 11 is -0.679. The first-order valence-corrected chi connectivity index (χ1v) is 12.3. The van der Waals surface area contributed by atoms with Gasteiger partial charge < -0.3 is 5.11 Å². The van der Waals surface area contributed by atoms with Crippen molar-refractivity contribution in [3.05, 3.63) is 12.7 Å². The fraction of sp³-hybridized carbons (Fsp3) is 0.571. The van der Waals surface area contributed by atoms with Crippen molar-refractivity contribution in [2.45, 2.75) is 21.2 Å². The zero-order valence-corrected chi connectivity index (χ0v) is 10.2. The first-order chi connectivity index (χ1) is 4.54. The molecule has 0 aliphatic carbocycles. The van der Waals surface area contributed by atoms with E-state index in [2.05, 4.69) is 23.4 Å². The van der Waals surface area contributed by atoms with Crippen LogP contribution in [-0.2, 0) is 4.79 Å². The minimum absolute atomic E-state index is 0.679. The summed E-state index contributed by atoms with van der Waals surface area (Å²) < 4.78 is 1.52. The number of rotatable bonds is 2. The Bertz CT molecular complexity index is 99.8. The molecule has 0 bridgehead atoms. The molecule has 0 aliphatic rings. The Hall–Kier alpha value is 0.00870. The molecule has 0 aromatic carbocycles. The van der Waals surface area contributed by atoms with E-state index in [4.69, 9.17) is 5.11 Å². The van der Waals surface area contributed by atoms with Gasteiger partial charge in [-0.25, -0.2) is 4.79 Å². The topological polar surface area (TPSA) is 37.3 Å². The monoisotopic (exact) mass is 252 g/mol. The molecular formula is C7H16O2Sn.